The molecule has 2 heteroatoms. The van der Waals surface area contributed by atoms with Gasteiger partial charge >= 0.3 is 0 Å². The summed E-state index contributed by atoms with van der Waals surface area (Å²) in [6, 6.07) is 8.57. The van der Waals surface area contributed by atoms with Crippen LogP contribution in [0.3, 0.4) is 0 Å². The van der Waals surface area contributed by atoms with Crippen LogP contribution in [-0.2, 0) is 6.54 Å². The number of rotatable bonds is 2. The van der Waals surface area contributed by atoms with Crippen molar-refractivity contribution >= 4 is 0 Å². The Hall–Kier alpha value is -0.890. The summed E-state index contributed by atoms with van der Waals surface area (Å²) in [4.78, 5) is 2.56. The molecule has 2 bridgehead atoms. The Morgan fingerprint density at radius 1 is 1.13 bits per heavy atom. The number of benzene rings is 1. The normalized spacial score (nSPS) is 29.9. The minimum Gasteiger partial charge on any atom is -0.293 e. The quantitative estimate of drug-likeness (QED) is 0.717. The van der Waals surface area contributed by atoms with Gasteiger partial charge in [-0.05, 0) is 43.4 Å². The van der Waals surface area contributed by atoms with Gasteiger partial charge in [0.05, 0.1) is 0 Å². The van der Waals surface area contributed by atoms with E-state index in [4.69, 9.17) is 0 Å². The van der Waals surface area contributed by atoms with E-state index in [2.05, 4.69) is 4.90 Å². The molecule has 2 aliphatic rings. The molecule has 0 amide bonds. The van der Waals surface area contributed by atoms with E-state index in [-0.39, 0.29) is 5.82 Å². The van der Waals surface area contributed by atoms with E-state index in [1.807, 2.05) is 12.1 Å². The minimum absolute atomic E-state index is 0.112. The summed E-state index contributed by atoms with van der Waals surface area (Å²) >= 11 is 0. The topological polar surface area (TPSA) is 3.24 Å². The summed E-state index contributed by atoms with van der Waals surface area (Å²) in [7, 11) is 0. The van der Waals surface area contributed by atoms with Crippen LogP contribution in [0, 0.1) is 5.82 Å². The number of hydrogen-bond acceptors (Lipinski definition) is 1. The van der Waals surface area contributed by atoms with E-state index in [1.165, 1.54) is 31.7 Å². The molecule has 0 radical (unpaired) electrons. The summed E-state index contributed by atoms with van der Waals surface area (Å²) in [6.07, 6.45) is 5.39. The summed E-state index contributed by atoms with van der Waals surface area (Å²) in [5.41, 5.74) is 1.12. The fraction of sp³-hybridized carbons (Fsp3) is 0.538. The minimum atomic E-state index is -0.112. The Labute approximate surface area is 89.9 Å². The SMILES string of the molecule is Fc1cccc(CN2C3CCC2CC3)c1. The van der Waals surface area contributed by atoms with Gasteiger partial charge in [0.1, 0.15) is 5.82 Å². The third kappa shape index (κ3) is 1.67. The van der Waals surface area contributed by atoms with Gasteiger partial charge in [-0.15, -0.1) is 0 Å². The van der Waals surface area contributed by atoms with Crippen LogP contribution in [0.4, 0.5) is 4.39 Å². The Balaban J connectivity index is 1.75. The molecule has 2 saturated heterocycles. The molecular formula is C13H16FN. The van der Waals surface area contributed by atoms with Crippen LogP contribution in [-0.4, -0.2) is 17.0 Å². The fourth-order valence-corrected chi connectivity index (χ4v) is 3.12. The summed E-state index contributed by atoms with van der Waals surface area (Å²) in [6.45, 7) is 0.938. The number of nitrogens with zero attached hydrogens (tertiary/aromatic N) is 1. The van der Waals surface area contributed by atoms with E-state index in [9.17, 15) is 4.39 Å². The average Bonchev–Trinajstić information content (AvgIpc) is 2.78. The maximum Gasteiger partial charge on any atom is 0.123 e. The maximum absolute atomic E-state index is 13.0. The number of fused-ring (bicyclic) bond motifs is 2. The second-order valence-electron chi connectivity index (χ2n) is 4.76. The molecule has 2 aliphatic heterocycles. The van der Waals surface area contributed by atoms with Crippen LogP contribution >= 0.6 is 0 Å². The van der Waals surface area contributed by atoms with Crippen LogP contribution in [0.5, 0.6) is 0 Å². The second kappa shape index (κ2) is 3.60. The van der Waals surface area contributed by atoms with E-state index in [1.54, 1.807) is 6.07 Å². The highest BCUT2D eigenvalue weighted by atomic mass is 19.1. The van der Waals surface area contributed by atoms with Gasteiger partial charge in [0.2, 0.25) is 0 Å². The molecule has 0 aliphatic carbocycles. The molecule has 1 aromatic rings. The van der Waals surface area contributed by atoms with Crippen molar-refractivity contribution in [2.24, 2.45) is 0 Å². The first-order valence-electron chi connectivity index (χ1n) is 5.83. The van der Waals surface area contributed by atoms with Crippen molar-refractivity contribution in [2.75, 3.05) is 0 Å². The Bertz CT molecular complexity index is 343. The molecule has 2 fully saturated rings. The van der Waals surface area contributed by atoms with E-state index in [0.29, 0.717) is 0 Å². The highest BCUT2D eigenvalue weighted by molar-refractivity contribution is 5.17. The van der Waals surface area contributed by atoms with Gasteiger partial charge in [-0.25, -0.2) is 4.39 Å². The summed E-state index contributed by atoms with van der Waals surface area (Å²) < 4.78 is 13.0. The number of halogens is 1. The van der Waals surface area contributed by atoms with Crippen molar-refractivity contribution in [2.45, 2.75) is 44.3 Å². The lowest BCUT2D eigenvalue weighted by atomic mass is 10.0. The van der Waals surface area contributed by atoms with Crippen molar-refractivity contribution in [3.63, 3.8) is 0 Å². The van der Waals surface area contributed by atoms with Gasteiger partial charge in [0.25, 0.3) is 0 Å². The van der Waals surface area contributed by atoms with Gasteiger partial charge in [-0.2, -0.15) is 0 Å². The first-order chi connectivity index (χ1) is 7.33. The average molecular weight is 205 g/mol. The third-order valence-electron chi connectivity index (χ3n) is 3.86. The van der Waals surface area contributed by atoms with Gasteiger partial charge in [0, 0.05) is 18.6 Å². The molecule has 15 heavy (non-hydrogen) atoms. The van der Waals surface area contributed by atoms with Gasteiger partial charge in [-0.3, -0.25) is 4.90 Å². The molecule has 0 unspecified atom stereocenters. The van der Waals surface area contributed by atoms with E-state index < -0.39 is 0 Å². The molecule has 2 heterocycles. The first-order valence-corrected chi connectivity index (χ1v) is 5.83. The zero-order chi connectivity index (χ0) is 10.3. The highest BCUT2D eigenvalue weighted by Crippen LogP contribution is 2.38. The van der Waals surface area contributed by atoms with Crippen molar-refractivity contribution in [3.05, 3.63) is 35.6 Å². The smallest absolute Gasteiger partial charge is 0.123 e. The predicted octanol–water partition coefficient (Wildman–Crippen LogP) is 2.95. The van der Waals surface area contributed by atoms with Crippen molar-refractivity contribution in [1.29, 1.82) is 0 Å². The molecule has 0 N–H and O–H groups in total. The monoisotopic (exact) mass is 205 g/mol. The zero-order valence-corrected chi connectivity index (χ0v) is 8.82. The zero-order valence-electron chi connectivity index (χ0n) is 8.82. The van der Waals surface area contributed by atoms with Crippen LogP contribution in [0.1, 0.15) is 31.2 Å². The largest absolute Gasteiger partial charge is 0.293 e. The lowest BCUT2D eigenvalue weighted by Gasteiger charge is -2.21. The molecule has 0 aromatic heterocycles. The van der Waals surface area contributed by atoms with Crippen LogP contribution < -0.4 is 0 Å². The van der Waals surface area contributed by atoms with E-state index >= 15 is 0 Å². The van der Waals surface area contributed by atoms with Gasteiger partial charge in [0.15, 0.2) is 0 Å². The Morgan fingerprint density at radius 3 is 2.40 bits per heavy atom. The fourth-order valence-electron chi connectivity index (χ4n) is 3.12. The molecule has 1 nitrogen and oxygen atoms in total. The summed E-state index contributed by atoms with van der Waals surface area (Å²) in [5.74, 6) is -0.112. The number of hydrogen-bond donors (Lipinski definition) is 0. The van der Waals surface area contributed by atoms with E-state index in [0.717, 1.165) is 24.2 Å². The molecule has 0 saturated carbocycles. The Morgan fingerprint density at radius 2 is 1.80 bits per heavy atom. The lowest BCUT2D eigenvalue weighted by Crippen LogP contribution is -2.27. The van der Waals surface area contributed by atoms with Crippen molar-refractivity contribution < 1.29 is 4.39 Å². The second-order valence-corrected chi connectivity index (χ2v) is 4.76. The Kier molecular flexibility index (Phi) is 2.24. The molecule has 1 aromatic carbocycles. The summed E-state index contributed by atoms with van der Waals surface area (Å²) in [5, 5.41) is 0. The molecule has 0 spiro atoms. The molecule has 3 rings (SSSR count). The van der Waals surface area contributed by atoms with Crippen molar-refractivity contribution in [3.8, 4) is 0 Å². The van der Waals surface area contributed by atoms with Gasteiger partial charge in [-0.1, -0.05) is 12.1 Å². The molecule has 80 valence electrons. The maximum atomic E-state index is 13.0. The van der Waals surface area contributed by atoms with Crippen LogP contribution in [0.15, 0.2) is 24.3 Å². The molecular weight excluding hydrogens is 189 g/mol. The first kappa shape index (κ1) is 9.34. The lowest BCUT2D eigenvalue weighted by molar-refractivity contribution is 0.243. The molecule has 0 atom stereocenters. The third-order valence-corrected chi connectivity index (χ3v) is 3.86. The van der Waals surface area contributed by atoms with Crippen LogP contribution in [0.2, 0.25) is 0 Å². The van der Waals surface area contributed by atoms with Crippen molar-refractivity contribution in [1.82, 2.24) is 4.90 Å². The highest BCUT2D eigenvalue weighted by Gasteiger charge is 2.38. The van der Waals surface area contributed by atoms with Crippen LogP contribution in [0.25, 0.3) is 0 Å². The standard InChI is InChI=1S/C13H16FN/c14-11-3-1-2-10(8-11)9-15-12-4-5-13(15)7-6-12/h1-3,8,12-13H,4-7,9H2. The van der Waals surface area contributed by atoms with Gasteiger partial charge < -0.3 is 0 Å². The predicted molar refractivity (Wildman–Crippen MR) is 58.0 cm³/mol.